The van der Waals surface area contributed by atoms with E-state index in [9.17, 15) is 15.2 Å². The molecule has 4 rings (SSSR count). The summed E-state index contributed by atoms with van der Waals surface area (Å²) in [5, 5.41) is 23.4. The highest BCUT2D eigenvalue weighted by Crippen LogP contribution is 2.32. The van der Waals surface area contributed by atoms with Gasteiger partial charge in [0.05, 0.1) is 23.8 Å². The van der Waals surface area contributed by atoms with Gasteiger partial charge in [-0.25, -0.2) is 4.98 Å². The summed E-state index contributed by atoms with van der Waals surface area (Å²) in [6, 6.07) is 13.4. The first kappa shape index (κ1) is 20.1. The Labute approximate surface area is 177 Å². The van der Waals surface area contributed by atoms with Crippen molar-refractivity contribution in [1.82, 2.24) is 4.98 Å². The van der Waals surface area contributed by atoms with Crippen LogP contribution in [-0.2, 0) is 0 Å². The van der Waals surface area contributed by atoms with Crippen LogP contribution in [-0.4, -0.2) is 23.2 Å². The van der Waals surface area contributed by atoms with Crippen molar-refractivity contribution in [3.63, 3.8) is 0 Å². The van der Waals surface area contributed by atoms with Crippen molar-refractivity contribution in [2.45, 2.75) is 13.8 Å². The van der Waals surface area contributed by atoms with Crippen LogP contribution in [0, 0.1) is 24.0 Å². The van der Waals surface area contributed by atoms with Crippen LogP contribution in [0.25, 0.3) is 22.6 Å². The molecule has 31 heavy (non-hydrogen) atoms. The van der Waals surface area contributed by atoms with Gasteiger partial charge in [-0.05, 0) is 60.9 Å². The van der Waals surface area contributed by atoms with Crippen LogP contribution in [0.3, 0.4) is 0 Å². The molecule has 0 aliphatic rings. The van der Waals surface area contributed by atoms with Crippen molar-refractivity contribution in [3.8, 4) is 23.0 Å². The predicted octanol–water partition coefficient (Wildman–Crippen LogP) is 4.85. The van der Waals surface area contributed by atoms with Crippen molar-refractivity contribution in [2.75, 3.05) is 7.11 Å². The van der Waals surface area contributed by atoms with E-state index in [1.165, 1.54) is 19.4 Å². The Morgan fingerprint density at radius 1 is 1.13 bits per heavy atom. The molecule has 8 heteroatoms. The molecule has 0 atom stereocenters. The number of nitro groups is 1. The number of hydrogen-bond acceptors (Lipinski definition) is 7. The molecule has 0 aliphatic heterocycles. The molecule has 0 saturated heterocycles. The molecular weight excluding hydrogens is 398 g/mol. The van der Waals surface area contributed by atoms with Gasteiger partial charge in [-0.2, -0.15) is 0 Å². The van der Waals surface area contributed by atoms with Gasteiger partial charge in [0.2, 0.25) is 5.89 Å². The minimum absolute atomic E-state index is 0.0694. The summed E-state index contributed by atoms with van der Waals surface area (Å²) in [5.41, 5.74) is 4.88. The molecule has 156 valence electrons. The largest absolute Gasteiger partial charge is 0.870 e. The van der Waals surface area contributed by atoms with Crippen molar-refractivity contribution in [1.29, 1.82) is 0 Å². The van der Waals surface area contributed by atoms with Gasteiger partial charge in [0.15, 0.2) is 5.58 Å². The Hall–Kier alpha value is -4.20. The molecule has 0 aliphatic carbocycles. The molecule has 0 spiro atoms. The molecule has 1 heterocycles. The van der Waals surface area contributed by atoms with Gasteiger partial charge < -0.3 is 14.3 Å². The Balaban J connectivity index is 1.62. The van der Waals surface area contributed by atoms with Crippen LogP contribution >= 0.6 is 0 Å². The lowest BCUT2D eigenvalue weighted by molar-refractivity contribution is -0.385. The first-order valence-electron chi connectivity index (χ1n) is 9.41. The van der Waals surface area contributed by atoms with E-state index in [1.807, 2.05) is 38.1 Å². The average molecular weight is 416 g/mol. The molecule has 0 amide bonds. The topological polar surface area (TPSA) is 114 Å². The van der Waals surface area contributed by atoms with E-state index < -0.39 is 10.7 Å². The maximum absolute atomic E-state index is 12.3. The van der Waals surface area contributed by atoms with Crippen LogP contribution in [0.2, 0.25) is 0 Å². The van der Waals surface area contributed by atoms with Gasteiger partial charge in [0.1, 0.15) is 11.3 Å². The second-order valence-electron chi connectivity index (χ2n) is 7.08. The second kappa shape index (κ2) is 7.91. The number of ether oxygens (including phenoxy) is 1. The number of aryl methyl sites for hydroxylation is 2. The summed E-state index contributed by atoms with van der Waals surface area (Å²) < 4.78 is 10.9. The van der Waals surface area contributed by atoms with Gasteiger partial charge in [-0.15, -0.1) is 0 Å². The molecule has 0 fully saturated rings. The Morgan fingerprint density at radius 2 is 1.87 bits per heavy atom. The molecule has 0 bridgehead atoms. The summed E-state index contributed by atoms with van der Waals surface area (Å²) in [6.07, 6.45) is 1.29. The summed E-state index contributed by atoms with van der Waals surface area (Å²) in [4.78, 5) is 19.3. The average Bonchev–Trinajstić information content (AvgIpc) is 3.17. The van der Waals surface area contributed by atoms with Gasteiger partial charge in [0.25, 0.3) is 5.69 Å². The molecule has 0 saturated carbocycles. The highest BCUT2D eigenvalue weighted by atomic mass is 16.6. The highest BCUT2D eigenvalue weighted by molar-refractivity contribution is 5.88. The number of nitro benzene ring substituents is 1. The van der Waals surface area contributed by atoms with E-state index in [4.69, 9.17) is 9.15 Å². The van der Waals surface area contributed by atoms with Crippen molar-refractivity contribution >= 4 is 28.7 Å². The smallest absolute Gasteiger partial charge is 0.273 e. The molecule has 1 aromatic heterocycles. The van der Waals surface area contributed by atoms with Crippen LogP contribution in [0.4, 0.5) is 11.4 Å². The van der Waals surface area contributed by atoms with Gasteiger partial charge in [-0.3, -0.25) is 15.1 Å². The normalized spacial score (nSPS) is 11.3. The summed E-state index contributed by atoms with van der Waals surface area (Å²) in [7, 11) is 1.29. The zero-order valence-corrected chi connectivity index (χ0v) is 17.1. The fraction of sp³-hybridized carbons (Fsp3) is 0.130. The highest BCUT2D eigenvalue weighted by Gasteiger charge is 2.12. The first-order chi connectivity index (χ1) is 14.9. The SMILES string of the molecule is COc1cc([N+](=O)[O-])cc(C=Nc2ccc(-c3nc4cc(C)cc(C)c4o3)cc2)c1[O-]. The second-order valence-corrected chi connectivity index (χ2v) is 7.08. The van der Waals surface area contributed by atoms with Gasteiger partial charge >= 0.3 is 0 Å². The number of aromatic nitrogens is 1. The predicted molar refractivity (Wildman–Crippen MR) is 115 cm³/mol. The van der Waals surface area contributed by atoms with Crippen molar-refractivity contribution in [3.05, 3.63) is 75.3 Å². The number of methoxy groups -OCH3 is 1. The Kier molecular flexibility index (Phi) is 5.12. The van der Waals surface area contributed by atoms with E-state index >= 15 is 0 Å². The van der Waals surface area contributed by atoms with Crippen LogP contribution in [0.5, 0.6) is 11.5 Å². The lowest BCUT2D eigenvalue weighted by Crippen LogP contribution is -2.02. The van der Waals surface area contributed by atoms with Gasteiger partial charge in [-0.1, -0.05) is 11.8 Å². The third-order valence-electron chi connectivity index (χ3n) is 4.79. The summed E-state index contributed by atoms with van der Waals surface area (Å²) in [5.74, 6) is -0.0670. The van der Waals surface area contributed by atoms with E-state index in [2.05, 4.69) is 9.98 Å². The molecule has 3 aromatic carbocycles. The quantitative estimate of drug-likeness (QED) is 0.261. The molecule has 4 aromatic rings. The molecule has 8 nitrogen and oxygen atoms in total. The number of non-ortho nitro benzene ring substituents is 1. The van der Waals surface area contributed by atoms with Crippen molar-refractivity contribution in [2.24, 2.45) is 4.99 Å². The Morgan fingerprint density at radius 3 is 2.55 bits per heavy atom. The lowest BCUT2D eigenvalue weighted by Gasteiger charge is -2.14. The van der Waals surface area contributed by atoms with Crippen molar-refractivity contribution < 1.29 is 19.2 Å². The molecule has 0 radical (unpaired) electrons. The maximum atomic E-state index is 12.3. The molecule has 0 N–H and O–H groups in total. The maximum Gasteiger partial charge on any atom is 0.273 e. The minimum atomic E-state index is -0.586. The van der Waals surface area contributed by atoms with Crippen LogP contribution in [0.1, 0.15) is 16.7 Å². The third kappa shape index (κ3) is 3.95. The first-order valence-corrected chi connectivity index (χ1v) is 9.41. The number of aliphatic imine (C=N–C) groups is 1. The van der Waals surface area contributed by atoms with E-state index in [0.717, 1.165) is 33.9 Å². The number of benzene rings is 3. The van der Waals surface area contributed by atoms with Gasteiger partial charge in [0, 0.05) is 17.8 Å². The minimum Gasteiger partial charge on any atom is -0.870 e. The van der Waals surface area contributed by atoms with E-state index in [0.29, 0.717) is 11.6 Å². The number of hydrogen-bond donors (Lipinski definition) is 0. The van der Waals surface area contributed by atoms with E-state index in [-0.39, 0.29) is 17.0 Å². The molecule has 0 unspecified atom stereocenters. The number of oxazole rings is 1. The van der Waals surface area contributed by atoms with E-state index in [1.54, 1.807) is 12.1 Å². The Bertz CT molecular complexity index is 1320. The zero-order chi connectivity index (χ0) is 22.1. The lowest BCUT2D eigenvalue weighted by atomic mass is 10.1. The summed E-state index contributed by atoms with van der Waals surface area (Å²) >= 11 is 0. The van der Waals surface area contributed by atoms with Crippen LogP contribution < -0.4 is 9.84 Å². The summed E-state index contributed by atoms with van der Waals surface area (Å²) in [6.45, 7) is 3.99. The number of nitrogens with zero attached hydrogens (tertiary/aromatic N) is 3. The fourth-order valence-corrected chi connectivity index (χ4v) is 3.30. The van der Waals surface area contributed by atoms with Crippen LogP contribution in [0.15, 0.2) is 57.9 Å². The fourth-order valence-electron chi connectivity index (χ4n) is 3.30. The zero-order valence-electron chi connectivity index (χ0n) is 17.1. The third-order valence-corrected chi connectivity index (χ3v) is 4.79. The number of fused-ring (bicyclic) bond motifs is 1. The monoisotopic (exact) mass is 416 g/mol. The standard InChI is InChI=1S/C23H19N3O5/c1-13-8-14(2)22-19(9-13)25-23(31-22)15-4-6-17(7-5-15)24-12-16-10-18(26(28)29)11-20(30-3)21(16)27/h4-12,27H,1-3H3/p-1. The molecular formula is C23H18N3O5-. The number of rotatable bonds is 5.